The zero-order valence-corrected chi connectivity index (χ0v) is 19.1. The Morgan fingerprint density at radius 1 is 0.853 bits per heavy atom. The number of hydrogen-bond acceptors (Lipinski definition) is 3. The highest BCUT2D eigenvalue weighted by Gasteiger charge is 2.64. The smallest absolute Gasteiger partial charge is 0.255 e. The van der Waals surface area contributed by atoms with E-state index in [0.29, 0.717) is 27.9 Å². The summed E-state index contributed by atoms with van der Waals surface area (Å²) in [6.45, 7) is 0. The first-order valence-electron chi connectivity index (χ1n) is 11.6. The van der Waals surface area contributed by atoms with Gasteiger partial charge in [-0.1, -0.05) is 48.0 Å². The minimum absolute atomic E-state index is 0.121. The van der Waals surface area contributed by atoms with Gasteiger partial charge in [0.15, 0.2) is 0 Å². The zero-order chi connectivity index (χ0) is 23.4. The number of amides is 3. The molecule has 1 saturated heterocycles. The van der Waals surface area contributed by atoms with E-state index in [4.69, 9.17) is 11.6 Å². The normalized spacial score (nSPS) is 27.2. The molecule has 3 amide bonds. The number of fused-ring (bicyclic) bond motifs is 5. The number of carbonyl (C=O) groups is 3. The minimum Gasteiger partial charge on any atom is -0.322 e. The Bertz CT molecular complexity index is 1290. The van der Waals surface area contributed by atoms with Crippen molar-refractivity contribution in [2.24, 2.45) is 23.7 Å². The molecule has 3 fully saturated rings. The number of hydrogen-bond donors (Lipinski definition) is 1. The van der Waals surface area contributed by atoms with Crippen LogP contribution in [0.25, 0.3) is 0 Å². The van der Waals surface area contributed by atoms with Gasteiger partial charge in [-0.2, -0.15) is 0 Å². The van der Waals surface area contributed by atoms with Gasteiger partial charge in [0.2, 0.25) is 11.8 Å². The first-order chi connectivity index (χ1) is 16.5. The van der Waals surface area contributed by atoms with Crippen molar-refractivity contribution >= 4 is 40.7 Å². The maximum absolute atomic E-state index is 13.6. The van der Waals surface area contributed by atoms with Crippen LogP contribution in [0.2, 0.25) is 5.02 Å². The topological polar surface area (TPSA) is 66.5 Å². The molecular weight excluding hydrogens is 448 g/mol. The second kappa shape index (κ2) is 8.10. The maximum Gasteiger partial charge on any atom is 0.255 e. The predicted octanol–water partition coefficient (Wildman–Crippen LogP) is 5.52. The van der Waals surface area contributed by atoms with E-state index in [1.165, 1.54) is 10.5 Å². The van der Waals surface area contributed by atoms with Crippen molar-refractivity contribution in [2.45, 2.75) is 18.8 Å². The van der Waals surface area contributed by atoms with E-state index >= 15 is 0 Å². The molecule has 1 aliphatic heterocycles. The molecule has 2 saturated carbocycles. The second-order valence-electron chi connectivity index (χ2n) is 9.49. The average Bonchev–Trinajstić information content (AvgIpc) is 3.52. The summed E-state index contributed by atoms with van der Waals surface area (Å²) in [4.78, 5) is 41.1. The summed E-state index contributed by atoms with van der Waals surface area (Å²) < 4.78 is 0. The Morgan fingerprint density at radius 2 is 1.59 bits per heavy atom. The Hall–Kier alpha value is -3.44. The fourth-order valence-corrected chi connectivity index (χ4v) is 6.45. The molecule has 2 bridgehead atoms. The lowest BCUT2D eigenvalue weighted by Gasteiger charge is -2.28. The molecule has 0 spiro atoms. The van der Waals surface area contributed by atoms with Crippen molar-refractivity contribution in [1.82, 2.24) is 0 Å². The molecule has 3 aromatic rings. The van der Waals surface area contributed by atoms with Crippen LogP contribution >= 0.6 is 11.6 Å². The van der Waals surface area contributed by atoms with E-state index in [0.717, 1.165) is 12.8 Å². The molecule has 170 valence electrons. The lowest BCUT2D eigenvalue weighted by atomic mass is 9.73. The van der Waals surface area contributed by atoms with E-state index < -0.39 is 0 Å². The lowest BCUT2D eigenvalue weighted by Crippen LogP contribution is -2.33. The van der Waals surface area contributed by atoms with Gasteiger partial charge in [-0.15, -0.1) is 0 Å². The fourth-order valence-electron chi connectivity index (χ4n) is 6.32. The first-order valence-corrected chi connectivity index (χ1v) is 12.0. The Labute approximate surface area is 202 Å². The van der Waals surface area contributed by atoms with Crippen LogP contribution in [-0.2, 0) is 9.59 Å². The summed E-state index contributed by atoms with van der Waals surface area (Å²) in [5, 5.41) is 3.41. The van der Waals surface area contributed by atoms with E-state index in [1.54, 1.807) is 48.5 Å². The molecular formula is C28H23ClN2O3. The van der Waals surface area contributed by atoms with Gasteiger partial charge in [0.1, 0.15) is 0 Å². The summed E-state index contributed by atoms with van der Waals surface area (Å²) in [5.41, 5.74) is 2.72. The molecule has 3 aromatic carbocycles. The zero-order valence-electron chi connectivity index (χ0n) is 18.4. The Kier molecular flexibility index (Phi) is 5.03. The number of anilines is 2. The number of imide groups is 1. The van der Waals surface area contributed by atoms with E-state index in [9.17, 15) is 14.4 Å². The highest BCUT2D eigenvalue weighted by atomic mass is 35.5. The van der Waals surface area contributed by atoms with Gasteiger partial charge < -0.3 is 5.32 Å². The summed E-state index contributed by atoms with van der Waals surface area (Å²) in [6.07, 6.45) is 1.88. The summed E-state index contributed by atoms with van der Waals surface area (Å²) in [6, 6.07) is 23.9. The molecule has 0 unspecified atom stereocenters. The average molecular weight is 471 g/mol. The molecule has 34 heavy (non-hydrogen) atoms. The monoisotopic (exact) mass is 470 g/mol. The number of halogens is 1. The van der Waals surface area contributed by atoms with Gasteiger partial charge in [-0.05, 0) is 78.6 Å². The lowest BCUT2D eigenvalue weighted by molar-refractivity contribution is -0.123. The van der Waals surface area contributed by atoms with E-state index in [1.807, 2.05) is 18.2 Å². The van der Waals surface area contributed by atoms with Crippen LogP contribution in [0.1, 0.15) is 34.7 Å². The maximum atomic E-state index is 13.6. The quantitative estimate of drug-likeness (QED) is 0.510. The van der Waals surface area contributed by atoms with Crippen LogP contribution in [0, 0.1) is 23.7 Å². The predicted molar refractivity (Wildman–Crippen MR) is 131 cm³/mol. The molecule has 3 aliphatic rings. The van der Waals surface area contributed by atoms with Crippen LogP contribution in [-0.4, -0.2) is 17.7 Å². The Balaban J connectivity index is 1.25. The Morgan fingerprint density at radius 3 is 2.35 bits per heavy atom. The van der Waals surface area contributed by atoms with Crippen LogP contribution < -0.4 is 10.2 Å². The van der Waals surface area contributed by atoms with Crippen LogP contribution in [0.4, 0.5) is 11.4 Å². The number of carbonyl (C=O) groups excluding carboxylic acids is 3. The third-order valence-corrected chi connectivity index (χ3v) is 7.96. The van der Waals surface area contributed by atoms with Crippen molar-refractivity contribution in [2.75, 3.05) is 10.2 Å². The van der Waals surface area contributed by atoms with Crippen molar-refractivity contribution in [3.05, 3.63) is 95.0 Å². The highest BCUT2D eigenvalue weighted by Crippen LogP contribution is 2.61. The molecule has 1 heterocycles. The largest absolute Gasteiger partial charge is 0.322 e. The molecule has 0 aromatic heterocycles. The molecule has 6 rings (SSSR count). The van der Waals surface area contributed by atoms with E-state index in [-0.39, 0.29) is 41.4 Å². The minimum atomic E-state index is -0.312. The number of rotatable bonds is 4. The van der Waals surface area contributed by atoms with Gasteiger partial charge in [-0.25, -0.2) is 0 Å². The van der Waals surface area contributed by atoms with Crippen molar-refractivity contribution in [3.63, 3.8) is 0 Å². The molecule has 6 heteroatoms. The molecule has 5 nitrogen and oxygen atoms in total. The molecule has 1 N–H and O–H groups in total. The standard InChI is InChI=1S/C28H23ClN2O3/c29-19-9-11-20(12-10-19)30-26(32)17-7-4-8-21(13-17)31-27(33)24-18-14-22(16-5-2-1-3-6-16)23(15-18)25(24)28(31)34/h1-13,18,22-25H,14-15H2,(H,30,32)/t18-,22+,23-,24+,25+/m0/s1. The summed E-state index contributed by atoms with van der Waals surface area (Å²) >= 11 is 5.91. The van der Waals surface area contributed by atoms with Crippen molar-refractivity contribution in [1.29, 1.82) is 0 Å². The summed E-state index contributed by atoms with van der Waals surface area (Å²) in [5.74, 6) is -0.337. The van der Waals surface area contributed by atoms with Gasteiger partial charge in [0.05, 0.1) is 17.5 Å². The SMILES string of the molecule is O=C(Nc1ccc(Cl)cc1)c1cccc(N2C(=O)[C@@H]3[C@@H]4C[C@H]([C@H]3C2=O)[C@@H](c2ccccc2)C4)c1. The molecule has 0 radical (unpaired) electrons. The van der Waals surface area contributed by atoms with Crippen LogP contribution in [0.5, 0.6) is 0 Å². The number of nitrogens with one attached hydrogen (secondary N) is 1. The van der Waals surface area contributed by atoms with Crippen LogP contribution in [0.3, 0.4) is 0 Å². The second-order valence-corrected chi connectivity index (χ2v) is 9.92. The molecule has 5 atom stereocenters. The van der Waals surface area contributed by atoms with Crippen molar-refractivity contribution < 1.29 is 14.4 Å². The molecule has 2 aliphatic carbocycles. The summed E-state index contributed by atoms with van der Waals surface area (Å²) in [7, 11) is 0. The van der Waals surface area contributed by atoms with Gasteiger partial charge >= 0.3 is 0 Å². The van der Waals surface area contributed by atoms with Gasteiger partial charge in [-0.3, -0.25) is 19.3 Å². The van der Waals surface area contributed by atoms with Gasteiger partial charge in [0.25, 0.3) is 5.91 Å². The third-order valence-electron chi connectivity index (χ3n) is 7.71. The fraction of sp³-hybridized carbons (Fsp3) is 0.250. The first kappa shape index (κ1) is 21.1. The van der Waals surface area contributed by atoms with E-state index in [2.05, 4.69) is 17.4 Å². The van der Waals surface area contributed by atoms with Gasteiger partial charge in [0, 0.05) is 16.3 Å². The number of nitrogens with zero attached hydrogens (tertiary/aromatic N) is 1. The van der Waals surface area contributed by atoms with Crippen LogP contribution in [0.15, 0.2) is 78.9 Å². The number of benzene rings is 3. The third kappa shape index (κ3) is 3.34. The van der Waals surface area contributed by atoms with Crippen molar-refractivity contribution in [3.8, 4) is 0 Å². The highest BCUT2D eigenvalue weighted by molar-refractivity contribution is 6.30.